The number of ether oxygens (including phenoxy) is 2. The highest BCUT2D eigenvalue weighted by molar-refractivity contribution is 5.79. The van der Waals surface area contributed by atoms with E-state index in [2.05, 4.69) is 4.74 Å². The number of nitrogens with zero attached hydrogens (tertiary/aromatic N) is 1. The average Bonchev–Trinajstić information content (AvgIpc) is 2.46. The number of hydrogen-bond acceptors (Lipinski definition) is 5. The van der Waals surface area contributed by atoms with Gasteiger partial charge in [-0.2, -0.15) is 0 Å². The summed E-state index contributed by atoms with van der Waals surface area (Å²) in [5.41, 5.74) is 0.844. The second kappa shape index (κ2) is 5.99. The van der Waals surface area contributed by atoms with Crippen molar-refractivity contribution in [1.29, 1.82) is 0 Å². The van der Waals surface area contributed by atoms with Gasteiger partial charge in [0.25, 0.3) is 0 Å². The van der Waals surface area contributed by atoms with Crippen LogP contribution >= 0.6 is 0 Å². The lowest BCUT2D eigenvalue weighted by Gasteiger charge is -2.31. The molecule has 1 aromatic carbocycles. The van der Waals surface area contributed by atoms with Crippen LogP contribution < -0.4 is 4.90 Å². The summed E-state index contributed by atoms with van der Waals surface area (Å²) in [5, 5.41) is 9.94. The number of aliphatic hydroxyl groups is 1. The van der Waals surface area contributed by atoms with Gasteiger partial charge in [-0.25, -0.2) is 9.18 Å². The molecule has 2 rings (SSSR count). The van der Waals surface area contributed by atoms with Crippen LogP contribution in [-0.2, 0) is 14.3 Å². The van der Waals surface area contributed by atoms with Crippen LogP contribution in [0.5, 0.6) is 0 Å². The zero-order valence-corrected chi connectivity index (χ0v) is 10.6. The highest BCUT2D eigenvalue weighted by atomic mass is 19.1. The van der Waals surface area contributed by atoms with E-state index in [1.54, 1.807) is 0 Å². The van der Waals surface area contributed by atoms with Crippen molar-refractivity contribution in [2.24, 2.45) is 0 Å². The summed E-state index contributed by atoms with van der Waals surface area (Å²) in [5.74, 6) is -1.18. The molecule has 0 bridgehead atoms. The van der Waals surface area contributed by atoms with E-state index in [0.717, 1.165) is 0 Å². The average molecular weight is 269 g/mol. The fraction of sp³-hybridized carbons (Fsp3) is 0.462. The largest absolute Gasteiger partial charge is 0.467 e. The topological polar surface area (TPSA) is 59.0 Å². The maximum atomic E-state index is 13.4. The van der Waals surface area contributed by atoms with Crippen molar-refractivity contribution in [1.82, 2.24) is 0 Å². The third kappa shape index (κ3) is 3.02. The van der Waals surface area contributed by atoms with Gasteiger partial charge in [-0.1, -0.05) is 6.07 Å². The van der Waals surface area contributed by atoms with Crippen LogP contribution in [-0.4, -0.2) is 44.5 Å². The van der Waals surface area contributed by atoms with Gasteiger partial charge in [-0.15, -0.1) is 0 Å². The van der Waals surface area contributed by atoms with E-state index in [0.29, 0.717) is 37.6 Å². The van der Waals surface area contributed by atoms with E-state index in [1.165, 1.54) is 25.3 Å². The third-order valence-electron chi connectivity index (χ3n) is 3.06. The SMILES string of the molecule is COC(=O)C(O)c1ccc(F)cc1N1CCOCC1. The number of aliphatic hydroxyl groups excluding tert-OH is 1. The van der Waals surface area contributed by atoms with Gasteiger partial charge in [0.2, 0.25) is 0 Å². The molecule has 1 aromatic rings. The number of anilines is 1. The molecule has 0 amide bonds. The van der Waals surface area contributed by atoms with Gasteiger partial charge in [0.1, 0.15) is 5.82 Å². The van der Waals surface area contributed by atoms with E-state index in [4.69, 9.17) is 4.74 Å². The number of carbonyl (C=O) groups is 1. The van der Waals surface area contributed by atoms with Crippen LogP contribution in [0.2, 0.25) is 0 Å². The number of methoxy groups -OCH3 is 1. The molecule has 0 aliphatic carbocycles. The number of benzene rings is 1. The summed E-state index contributed by atoms with van der Waals surface area (Å²) in [4.78, 5) is 13.3. The van der Waals surface area contributed by atoms with E-state index in [9.17, 15) is 14.3 Å². The quantitative estimate of drug-likeness (QED) is 0.825. The van der Waals surface area contributed by atoms with Crippen LogP contribution in [0.25, 0.3) is 0 Å². The Morgan fingerprint density at radius 2 is 2.16 bits per heavy atom. The van der Waals surface area contributed by atoms with Crippen molar-refractivity contribution < 1.29 is 23.8 Å². The van der Waals surface area contributed by atoms with Gasteiger partial charge in [-0.3, -0.25) is 0 Å². The first-order valence-electron chi connectivity index (χ1n) is 6.01. The van der Waals surface area contributed by atoms with Gasteiger partial charge in [0, 0.05) is 24.3 Å². The zero-order chi connectivity index (χ0) is 13.8. The minimum Gasteiger partial charge on any atom is -0.467 e. The summed E-state index contributed by atoms with van der Waals surface area (Å²) in [6.07, 6.45) is -1.41. The molecule has 19 heavy (non-hydrogen) atoms. The van der Waals surface area contributed by atoms with Crippen LogP contribution in [0.3, 0.4) is 0 Å². The molecular formula is C13H16FNO4. The van der Waals surface area contributed by atoms with Crippen LogP contribution in [0.4, 0.5) is 10.1 Å². The summed E-state index contributed by atoms with van der Waals surface area (Å²) in [6.45, 7) is 2.24. The van der Waals surface area contributed by atoms with Crippen molar-refractivity contribution in [3.8, 4) is 0 Å². The summed E-state index contributed by atoms with van der Waals surface area (Å²) >= 11 is 0. The third-order valence-corrected chi connectivity index (χ3v) is 3.06. The minimum absolute atomic E-state index is 0.343. The predicted molar refractivity (Wildman–Crippen MR) is 66.4 cm³/mol. The molecule has 1 aliphatic heterocycles. The first-order chi connectivity index (χ1) is 9.13. The van der Waals surface area contributed by atoms with E-state index < -0.39 is 17.9 Å². The second-order valence-corrected chi connectivity index (χ2v) is 4.23. The lowest BCUT2D eigenvalue weighted by atomic mass is 10.1. The van der Waals surface area contributed by atoms with Gasteiger partial charge < -0.3 is 19.5 Å². The van der Waals surface area contributed by atoms with Crippen molar-refractivity contribution in [2.45, 2.75) is 6.10 Å². The Bertz CT molecular complexity index is 460. The molecule has 0 radical (unpaired) electrons. The standard InChI is InChI=1S/C13H16FNO4/c1-18-13(17)12(16)10-3-2-9(14)8-11(10)15-4-6-19-7-5-15/h2-3,8,12,16H,4-7H2,1H3. The predicted octanol–water partition coefficient (Wildman–Crippen LogP) is 0.869. The molecule has 5 nitrogen and oxygen atoms in total. The van der Waals surface area contributed by atoms with Crippen molar-refractivity contribution in [2.75, 3.05) is 38.3 Å². The molecule has 1 aliphatic rings. The Labute approximate surface area is 110 Å². The molecule has 1 N–H and O–H groups in total. The zero-order valence-electron chi connectivity index (χ0n) is 10.6. The van der Waals surface area contributed by atoms with Gasteiger partial charge in [0.05, 0.1) is 20.3 Å². The fourth-order valence-corrected chi connectivity index (χ4v) is 2.06. The molecule has 0 aromatic heterocycles. The highest BCUT2D eigenvalue weighted by Crippen LogP contribution is 2.28. The van der Waals surface area contributed by atoms with Crippen LogP contribution in [0.15, 0.2) is 18.2 Å². The van der Waals surface area contributed by atoms with Crippen molar-refractivity contribution >= 4 is 11.7 Å². The number of morpholine rings is 1. The van der Waals surface area contributed by atoms with Crippen molar-refractivity contribution in [3.05, 3.63) is 29.6 Å². The molecule has 6 heteroatoms. The molecule has 1 atom stereocenters. The number of rotatable bonds is 3. The van der Waals surface area contributed by atoms with Gasteiger partial charge in [-0.05, 0) is 12.1 Å². The van der Waals surface area contributed by atoms with Crippen LogP contribution in [0, 0.1) is 5.82 Å². The van der Waals surface area contributed by atoms with E-state index in [1.807, 2.05) is 4.90 Å². The smallest absolute Gasteiger partial charge is 0.339 e. The van der Waals surface area contributed by atoms with Crippen LogP contribution in [0.1, 0.15) is 11.7 Å². The Balaban J connectivity index is 2.34. The minimum atomic E-state index is -1.41. The molecule has 1 unspecified atom stereocenters. The molecular weight excluding hydrogens is 253 g/mol. The van der Waals surface area contributed by atoms with Gasteiger partial charge >= 0.3 is 5.97 Å². The molecule has 0 saturated carbocycles. The lowest BCUT2D eigenvalue weighted by molar-refractivity contribution is -0.150. The number of carbonyl (C=O) groups excluding carboxylic acids is 1. The fourth-order valence-electron chi connectivity index (χ4n) is 2.06. The molecule has 104 valence electrons. The number of hydrogen-bond donors (Lipinski definition) is 1. The highest BCUT2D eigenvalue weighted by Gasteiger charge is 2.24. The Hall–Kier alpha value is -1.66. The number of esters is 1. The first-order valence-corrected chi connectivity index (χ1v) is 6.01. The molecule has 0 spiro atoms. The maximum absolute atomic E-state index is 13.4. The Kier molecular flexibility index (Phi) is 4.34. The number of halogens is 1. The summed E-state index contributed by atoms with van der Waals surface area (Å²) in [7, 11) is 1.20. The Morgan fingerprint density at radius 1 is 1.47 bits per heavy atom. The first kappa shape index (κ1) is 13.8. The summed E-state index contributed by atoms with van der Waals surface area (Å²) < 4.78 is 23.1. The molecule has 1 saturated heterocycles. The molecule has 1 heterocycles. The van der Waals surface area contributed by atoms with Gasteiger partial charge in [0.15, 0.2) is 6.10 Å². The Morgan fingerprint density at radius 3 is 2.79 bits per heavy atom. The van der Waals surface area contributed by atoms with E-state index >= 15 is 0 Å². The normalized spacial score (nSPS) is 17.1. The van der Waals surface area contributed by atoms with Crippen molar-refractivity contribution in [3.63, 3.8) is 0 Å². The maximum Gasteiger partial charge on any atom is 0.339 e. The second-order valence-electron chi connectivity index (χ2n) is 4.23. The lowest BCUT2D eigenvalue weighted by Crippen LogP contribution is -2.37. The molecule has 1 fully saturated rings. The van der Waals surface area contributed by atoms with E-state index in [-0.39, 0.29) is 0 Å². The monoisotopic (exact) mass is 269 g/mol. The summed E-state index contributed by atoms with van der Waals surface area (Å²) in [6, 6.07) is 3.93.